The smallest absolute Gasteiger partial charge is 0.248 e. The van der Waals surface area contributed by atoms with Crippen LogP contribution in [-0.2, 0) is 4.79 Å². The van der Waals surface area contributed by atoms with Crippen LogP contribution in [0.2, 0.25) is 0 Å². The lowest BCUT2D eigenvalue weighted by molar-refractivity contribution is -0.111. The molecule has 1 N–H and O–H groups in total. The van der Waals surface area contributed by atoms with Gasteiger partial charge < -0.3 is 14.8 Å². The Morgan fingerprint density at radius 3 is 2.48 bits per heavy atom. The lowest BCUT2D eigenvalue weighted by atomic mass is 10.1. The van der Waals surface area contributed by atoms with Crippen LogP contribution in [0.25, 0.3) is 6.08 Å². The summed E-state index contributed by atoms with van der Waals surface area (Å²) in [6, 6.07) is 11.3. The Hall–Kier alpha value is -2.75. The van der Waals surface area contributed by atoms with Gasteiger partial charge in [0.1, 0.15) is 0 Å². The molecule has 0 heterocycles. The monoisotopic (exact) mass is 311 g/mol. The summed E-state index contributed by atoms with van der Waals surface area (Å²) in [5.41, 5.74) is 3.90. The number of amides is 1. The van der Waals surface area contributed by atoms with Crippen molar-refractivity contribution >= 4 is 17.7 Å². The Bertz CT molecular complexity index is 735. The highest BCUT2D eigenvalue weighted by Crippen LogP contribution is 2.28. The van der Waals surface area contributed by atoms with Crippen molar-refractivity contribution < 1.29 is 14.3 Å². The number of anilines is 1. The number of hydrogen-bond donors (Lipinski definition) is 1. The third kappa shape index (κ3) is 4.13. The van der Waals surface area contributed by atoms with Crippen molar-refractivity contribution in [2.75, 3.05) is 19.5 Å². The van der Waals surface area contributed by atoms with Gasteiger partial charge >= 0.3 is 0 Å². The third-order valence-corrected chi connectivity index (χ3v) is 3.70. The quantitative estimate of drug-likeness (QED) is 0.850. The second-order valence-corrected chi connectivity index (χ2v) is 5.18. The zero-order chi connectivity index (χ0) is 16.8. The SMILES string of the molecule is COc1ccc(/C=C/C(=O)Nc2cccc(C)c2C)cc1OC. The second-order valence-electron chi connectivity index (χ2n) is 5.18. The van der Waals surface area contributed by atoms with Crippen molar-refractivity contribution in [1.82, 2.24) is 0 Å². The minimum absolute atomic E-state index is 0.173. The number of hydrogen-bond acceptors (Lipinski definition) is 3. The number of benzene rings is 2. The van der Waals surface area contributed by atoms with Gasteiger partial charge in [-0.3, -0.25) is 4.79 Å². The first-order chi connectivity index (χ1) is 11.0. The van der Waals surface area contributed by atoms with Crippen LogP contribution in [0, 0.1) is 13.8 Å². The molecule has 2 aromatic carbocycles. The molecule has 0 radical (unpaired) electrons. The van der Waals surface area contributed by atoms with Crippen LogP contribution in [-0.4, -0.2) is 20.1 Å². The summed E-state index contributed by atoms with van der Waals surface area (Å²) >= 11 is 0. The Morgan fingerprint density at radius 2 is 1.78 bits per heavy atom. The summed E-state index contributed by atoms with van der Waals surface area (Å²) in [5.74, 6) is 1.11. The molecule has 0 aliphatic carbocycles. The van der Waals surface area contributed by atoms with E-state index in [2.05, 4.69) is 5.32 Å². The molecule has 0 saturated carbocycles. The van der Waals surface area contributed by atoms with E-state index in [1.807, 2.05) is 44.2 Å². The second kappa shape index (κ2) is 7.49. The Labute approximate surface area is 136 Å². The number of rotatable bonds is 5. The summed E-state index contributed by atoms with van der Waals surface area (Å²) in [4.78, 5) is 12.1. The van der Waals surface area contributed by atoms with E-state index in [-0.39, 0.29) is 5.91 Å². The zero-order valence-electron chi connectivity index (χ0n) is 13.8. The third-order valence-electron chi connectivity index (χ3n) is 3.70. The molecule has 1 amide bonds. The van der Waals surface area contributed by atoms with Crippen LogP contribution < -0.4 is 14.8 Å². The van der Waals surface area contributed by atoms with Gasteiger partial charge in [0, 0.05) is 11.8 Å². The van der Waals surface area contributed by atoms with Crippen LogP contribution >= 0.6 is 0 Å². The van der Waals surface area contributed by atoms with E-state index in [1.165, 1.54) is 6.08 Å². The lowest BCUT2D eigenvalue weighted by Crippen LogP contribution is -2.09. The molecular weight excluding hydrogens is 290 g/mol. The molecule has 23 heavy (non-hydrogen) atoms. The maximum Gasteiger partial charge on any atom is 0.248 e. The fraction of sp³-hybridized carbons (Fsp3) is 0.211. The van der Waals surface area contributed by atoms with Crippen molar-refractivity contribution in [3.63, 3.8) is 0 Å². The Balaban J connectivity index is 2.10. The molecule has 0 atom stereocenters. The van der Waals surface area contributed by atoms with Gasteiger partial charge in [-0.05, 0) is 54.8 Å². The van der Waals surface area contributed by atoms with Gasteiger partial charge in [0.05, 0.1) is 14.2 Å². The molecule has 0 spiro atoms. The highest BCUT2D eigenvalue weighted by Gasteiger charge is 2.05. The molecule has 2 aromatic rings. The van der Waals surface area contributed by atoms with Crippen molar-refractivity contribution in [1.29, 1.82) is 0 Å². The van der Waals surface area contributed by atoms with E-state index in [9.17, 15) is 4.79 Å². The minimum atomic E-state index is -0.173. The van der Waals surface area contributed by atoms with Gasteiger partial charge in [0.25, 0.3) is 0 Å². The number of aryl methyl sites for hydroxylation is 1. The molecule has 120 valence electrons. The van der Waals surface area contributed by atoms with Crippen LogP contribution in [0.1, 0.15) is 16.7 Å². The fourth-order valence-corrected chi connectivity index (χ4v) is 2.19. The number of nitrogens with one attached hydrogen (secondary N) is 1. The van der Waals surface area contributed by atoms with Crippen molar-refractivity contribution in [3.8, 4) is 11.5 Å². The van der Waals surface area contributed by atoms with Gasteiger partial charge in [-0.2, -0.15) is 0 Å². The van der Waals surface area contributed by atoms with Crippen LogP contribution in [0.3, 0.4) is 0 Å². The van der Waals surface area contributed by atoms with Crippen LogP contribution in [0.15, 0.2) is 42.5 Å². The molecule has 0 aromatic heterocycles. The Morgan fingerprint density at radius 1 is 1.04 bits per heavy atom. The molecule has 2 rings (SSSR count). The number of ether oxygens (including phenoxy) is 2. The molecule has 0 fully saturated rings. The highest BCUT2D eigenvalue weighted by atomic mass is 16.5. The van der Waals surface area contributed by atoms with Gasteiger partial charge in [-0.1, -0.05) is 18.2 Å². The molecule has 0 bridgehead atoms. The largest absolute Gasteiger partial charge is 0.493 e. The topological polar surface area (TPSA) is 47.6 Å². The number of carbonyl (C=O) groups excluding carboxylic acids is 1. The van der Waals surface area contributed by atoms with Gasteiger partial charge in [0.15, 0.2) is 11.5 Å². The average molecular weight is 311 g/mol. The average Bonchev–Trinajstić information content (AvgIpc) is 2.56. The van der Waals surface area contributed by atoms with E-state index < -0.39 is 0 Å². The molecule has 0 aliphatic heterocycles. The first-order valence-electron chi connectivity index (χ1n) is 7.32. The summed E-state index contributed by atoms with van der Waals surface area (Å²) in [6.07, 6.45) is 3.24. The van der Waals surface area contributed by atoms with Crippen molar-refractivity contribution in [2.24, 2.45) is 0 Å². The summed E-state index contributed by atoms with van der Waals surface area (Å²) < 4.78 is 10.4. The summed E-state index contributed by atoms with van der Waals surface area (Å²) in [6.45, 7) is 4.01. The van der Waals surface area contributed by atoms with Crippen LogP contribution in [0.4, 0.5) is 5.69 Å². The molecule has 4 heteroatoms. The standard InChI is InChI=1S/C19H21NO3/c1-13-6-5-7-16(14(13)2)20-19(21)11-9-15-8-10-17(22-3)18(12-15)23-4/h5-12H,1-4H3,(H,20,21)/b11-9+. The lowest BCUT2D eigenvalue weighted by Gasteiger charge is -2.09. The minimum Gasteiger partial charge on any atom is -0.493 e. The van der Waals surface area contributed by atoms with Gasteiger partial charge in [-0.15, -0.1) is 0 Å². The normalized spacial score (nSPS) is 10.6. The molecule has 0 saturated heterocycles. The summed E-state index contributed by atoms with van der Waals surface area (Å²) in [7, 11) is 3.17. The van der Waals surface area contributed by atoms with E-state index in [0.29, 0.717) is 11.5 Å². The van der Waals surface area contributed by atoms with E-state index in [4.69, 9.17) is 9.47 Å². The maximum absolute atomic E-state index is 12.1. The van der Waals surface area contributed by atoms with Crippen molar-refractivity contribution in [2.45, 2.75) is 13.8 Å². The first-order valence-corrected chi connectivity index (χ1v) is 7.32. The molecular formula is C19H21NO3. The van der Waals surface area contributed by atoms with E-state index in [0.717, 1.165) is 22.4 Å². The van der Waals surface area contributed by atoms with Gasteiger partial charge in [0.2, 0.25) is 5.91 Å². The fourth-order valence-electron chi connectivity index (χ4n) is 2.19. The number of carbonyl (C=O) groups is 1. The maximum atomic E-state index is 12.1. The predicted molar refractivity (Wildman–Crippen MR) is 93.1 cm³/mol. The molecule has 0 unspecified atom stereocenters. The number of methoxy groups -OCH3 is 2. The predicted octanol–water partition coefficient (Wildman–Crippen LogP) is 3.97. The highest BCUT2D eigenvalue weighted by molar-refractivity contribution is 6.02. The van der Waals surface area contributed by atoms with Crippen LogP contribution in [0.5, 0.6) is 11.5 Å². The summed E-state index contributed by atoms with van der Waals surface area (Å²) in [5, 5.41) is 2.89. The molecule has 0 aliphatic rings. The Kier molecular flexibility index (Phi) is 5.41. The van der Waals surface area contributed by atoms with E-state index >= 15 is 0 Å². The van der Waals surface area contributed by atoms with Gasteiger partial charge in [-0.25, -0.2) is 0 Å². The van der Waals surface area contributed by atoms with E-state index in [1.54, 1.807) is 26.4 Å². The first kappa shape index (κ1) is 16.6. The zero-order valence-corrected chi connectivity index (χ0v) is 13.8. The molecule has 4 nitrogen and oxygen atoms in total. The van der Waals surface area contributed by atoms with Crippen molar-refractivity contribution in [3.05, 3.63) is 59.2 Å².